The van der Waals surface area contributed by atoms with Crippen LogP contribution in [0.5, 0.6) is 11.5 Å². The maximum absolute atomic E-state index is 5.32. The first-order valence-corrected chi connectivity index (χ1v) is 8.79. The monoisotopic (exact) mass is 325 g/mol. The quantitative estimate of drug-likeness (QED) is 0.414. The van der Waals surface area contributed by atoms with Gasteiger partial charge in [0.2, 0.25) is 0 Å². The number of benzene rings is 1. The number of guanidine groups is 1. The van der Waals surface area contributed by atoms with Crippen LogP contribution in [0.2, 0.25) is 0 Å². The third kappa shape index (κ3) is 6.47. The van der Waals surface area contributed by atoms with E-state index in [1.54, 1.807) is 21.3 Å². The van der Waals surface area contributed by atoms with E-state index in [0.29, 0.717) is 0 Å². The zero-order valence-electron chi connectivity index (χ0n) is 13.9. The molecule has 0 amide bonds. The predicted octanol–water partition coefficient (Wildman–Crippen LogP) is 2.16. The van der Waals surface area contributed by atoms with E-state index in [9.17, 15) is 0 Å². The SMILES string of the molecule is CN=C(NCCCSC)NCCc1ccc(OC)c(OC)c1. The Balaban J connectivity index is 2.39. The van der Waals surface area contributed by atoms with Gasteiger partial charge >= 0.3 is 0 Å². The third-order valence-electron chi connectivity index (χ3n) is 3.20. The van der Waals surface area contributed by atoms with Crippen molar-refractivity contribution in [2.75, 3.05) is 46.4 Å². The van der Waals surface area contributed by atoms with Gasteiger partial charge in [0.05, 0.1) is 14.2 Å². The summed E-state index contributed by atoms with van der Waals surface area (Å²) in [5.74, 6) is 3.53. The molecular weight excluding hydrogens is 298 g/mol. The first-order valence-electron chi connectivity index (χ1n) is 7.39. The van der Waals surface area contributed by atoms with E-state index in [4.69, 9.17) is 9.47 Å². The number of hydrogen-bond acceptors (Lipinski definition) is 4. The average molecular weight is 325 g/mol. The lowest BCUT2D eigenvalue weighted by Gasteiger charge is -2.13. The summed E-state index contributed by atoms with van der Waals surface area (Å²) in [5, 5.41) is 6.63. The summed E-state index contributed by atoms with van der Waals surface area (Å²) >= 11 is 1.86. The molecule has 0 fully saturated rings. The Bertz CT molecular complexity index is 467. The molecule has 2 N–H and O–H groups in total. The molecule has 1 aromatic rings. The number of methoxy groups -OCH3 is 2. The highest BCUT2D eigenvalue weighted by molar-refractivity contribution is 7.98. The molecule has 0 saturated carbocycles. The first-order chi connectivity index (χ1) is 10.7. The van der Waals surface area contributed by atoms with Crippen molar-refractivity contribution in [2.24, 2.45) is 4.99 Å². The molecule has 0 spiro atoms. The fourth-order valence-corrected chi connectivity index (χ4v) is 2.44. The van der Waals surface area contributed by atoms with Crippen LogP contribution in [0.15, 0.2) is 23.2 Å². The normalized spacial score (nSPS) is 11.2. The van der Waals surface area contributed by atoms with Crippen molar-refractivity contribution >= 4 is 17.7 Å². The van der Waals surface area contributed by atoms with E-state index in [-0.39, 0.29) is 0 Å². The molecule has 0 aliphatic carbocycles. The average Bonchev–Trinajstić information content (AvgIpc) is 2.56. The second-order valence-electron chi connectivity index (χ2n) is 4.71. The second kappa shape index (κ2) is 11.1. The fourth-order valence-electron chi connectivity index (χ4n) is 2.01. The zero-order chi connectivity index (χ0) is 16.2. The Morgan fingerprint density at radius 1 is 1.14 bits per heavy atom. The molecule has 0 aliphatic heterocycles. The lowest BCUT2D eigenvalue weighted by molar-refractivity contribution is 0.354. The van der Waals surface area contributed by atoms with Crippen LogP contribution in [-0.4, -0.2) is 52.3 Å². The Hall–Kier alpha value is -1.56. The molecule has 124 valence electrons. The van der Waals surface area contributed by atoms with Crippen LogP contribution in [0.1, 0.15) is 12.0 Å². The molecule has 6 heteroatoms. The Labute approximate surface area is 137 Å². The highest BCUT2D eigenvalue weighted by Crippen LogP contribution is 2.27. The Morgan fingerprint density at radius 2 is 1.86 bits per heavy atom. The summed E-state index contributed by atoms with van der Waals surface area (Å²) in [6.45, 7) is 1.76. The Morgan fingerprint density at radius 3 is 2.50 bits per heavy atom. The smallest absolute Gasteiger partial charge is 0.190 e. The Kier molecular flexibility index (Phi) is 9.30. The predicted molar refractivity (Wildman–Crippen MR) is 95.6 cm³/mol. The number of thioether (sulfide) groups is 1. The van der Waals surface area contributed by atoms with Crippen LogP contribution in [0.4, 0.5) is 0 Å². The number of hydrogen-bond donors (Lipinski definition) is 2. The lowest BCUT2D eigenvalue weighted by atomic mass is 10.1. The number of ether oxygens (including phenoxy) is 2. The van der Waals surface area contributed by atoms with Crippen LogP contribution < -0.4 is 20.1 Å². The summed E-state index contributed by atoms with van der Waals surface area (Å²) < 4.78 is 10.6. The van der Waals surface area contributed by atoms with E-state index in [2.05, 4.69) is 27.9 Å². The minimum atomic E-state index is 0.755. The van der Waals surface area contributed by atoms with Gasteiger partial charge in [-0.1, -0.05) is 6.07 Å². The van der Waals surface area contributed by atoms with Crippen LogP contribution in [-0.2, 0) is 6.42 Å². The molecule has 0 unspecified atom stereocenters. The van der Waals surface area contributed by atoms with Crippen LogP contribution in [0, 0.1) is 0 Å². The van der Waals surface area contributed by atoms with Gasteiger partial charge in [-0.3, -0.25) is 4.99 Å². The van der Waals surface area contributed by atoms with Gasteiger partial charge in [0, 0.05) is 20.1 Å². The standard InChI is InChI=1S/C16H27N3O2S/c1-17-16(18-9-5-11-22-4)19-10-8-13-6-7-14(20-2)15(12-13)21-3/h6-7,12H,5,8-11H2,1-4H3,(H2,17,18,19). The molecule has 0 aliphatic rings. The largest absolute Gasteiger partial charge is 0.493 e. The molecule has 0 heterocycles. The van der Waals surface area contributed by atoms with Crippen molar-refractivity contribution in [1.82, 2.24) is 10.6 Å². The number of rotatable bonds is 9. The second-order valence-corrected chi connectivity index (χ2v) is 5.70. The van der Waals surface area contributed by atoms with E-state index in [1.807, 2.05) is 23.9 Å². The molecule has 0 radical (unpaired) electrons. The minimum Gasteiger partial charge on any atom is -0.493 e. The van der Waals surface area contributed by atoms with Crippen molar-refractivity contribution < 1.29 is 9.47 Å². The van der Waals surface area contributed by atoms with Gasteiger partial charge in [0.15, 0.2) is 17.5 Å². The van der Waals surface area contributed by atoms with Gasteiger partial charge < -0.3 is 20.1 Å². The molecule has 22 heavy (non-hydrogen) atoms. The van der Waals surface area contributed by atoms with Gasteiger partial charge in [-0.05, 0) is 42.5 Å². The molecule has 5 nitrogen and oxygen atoms in total. The fraction of sp³-hybridized carbons (Fsp3) is 0.562. The van der Waals surface area contributed by atoms with Gasteiger partial charge in [-0.2, -0.15) is 11.8 Å². The zero-order valence-corrected chi connectivity index (χ0v) is 14.8. The maximum Gasteiger partial charge on any atom is 0.190 e. The summed E-state index contributed by atoms with van der Waals surface area (Å²) in [4.78, 5) is 4.22. The topological polar surface area (TPSA) is 54.9 Å². The molecule has 0 bridgehead atoms. The lowest BCUT2D eigenvalue weighted by Crippen LogP contribution is -2.38. The number of nitrogens with zero attached hydrogens (tertiary/aromatic N) is 1. The van der Waals surface area contributed by atoms with Gasteiger partial charge in [-0.15, -0.1) is 0 Å². The molecule has 1 aromatic carbocycles. The van der Waals surface area contributed by atoms with Crippen molar-refractivity contribution in [2.45, 2.75) is 12.8 Å². The molecule has 0 saturated heterocycles. The molecule has 0 atom stereocenters. The van der Waals surface area contributed by atoms with Crippen LogP contribution >= 0.6 is 11.8 Å². The highest BCUT2D eigenvalue weighted by Gasteiger charge is 2.04. The third-order valence-corrected chi connectivity index (χ3v) is 3.89. The summed E-state index contributed by atoms with van der Waals surface area (Å²) in [6, 6.07) is 6.00. The molecule has 1 rings (SSSR count). The van der Waals surface area contributed by atoms with E-state index in [1.165, 1.54) is 5.56 Å². The van der Waals surface area contributed by atoms with Crippen molar-refractivity contribution in [3.8, 4) is 11.5 Å². The highest BCUT2D eigenvalue weighted by atomic mass is 32.2. The van der Waals surface area contributed by atoms with Crippen LogP contribution in [0.25, 0.3) is 0 Å². The van der Waals surface area contributed by atoms with E-state index >= 15 is 0 Å². The van der Waals surface area contributed by atoms with E-state index in [0.717, 1.165) is 49.1 Å². The van der Waals surface area contributed by atoms with Gasteiger partial charge in [0.25, 0.3) is 0 Å². The summed E-state index contributed by atoms with van der Waals surface area (Å²) in [5.41, 5.74) is 1.20. The van der Waals surface area contributed by atoms with Crippen molar-refractivity contribution in [1.29, 1.82) is 0 Å². The molecule has 0 aromatic heterocycles. The van der Waals surface area contributed by atoms with Crippen molar-refractivity contribution in [3.05, 3.63) is 23.8 Å². The van der Waals surface area contributed by atoms with Gasteiger partial charge in [-0.25, -0.2) is 0 Å². The van der Waals surface area contributed by atoms with Gasteiger partial charge in [0.1, 0.15) is 0 Å². The number of nitrogens with one attached hydrogen (secondary N) is 2. The summed E-state index contributed by atoms with van der Waals surface area (Å²) in [7, 11) is 5.09. The first kappa shape index (κ1) is 18.5. The van der Waals surface area contributed by atoms with E-state index < -0.39 is 0 Å². The maximum atomic E-state index is 5.32. The van der Waals surface area contributed by atoms with Crippen molar-refractivity contribution in [3.63, 3.8) is 0 Å². The van der Waals surface area contributed by atoms with Crippen LogP contribution in [0.3, 0.4) is 0 Å². The number of aliphatic imine (C=N–C) groups is 1. The summed E-state index contributed by atoms with van der Waals surface area (Å²) in [6.07, 6.45) is 4.15. The molecular formula is C16H27N3O2S. The minimum absolute atomic E-state index is 0.755.